The van der Waals surface area contributed by atoms with Gasteiger partial charge in [0.15, 0.2) is 0 Å². The minimum atomic E-state index is -0.320. The van der Waals surface area contributed by atoms with E-state index in [0.717, 1.165) is 12.2 Å². The lowest BCUT2D eigenvalue weighted by Gasteiger charge is -2.35. The van der Waals surface area contributed by atoms with Crippen molar-refractivity contribution in [2.45, 2.75) is 26.1 Å². The van der Waals surface area contributed by atoms with E-state index in [1.807, 2.05) is 19.9 Å². The molecule has 2 rings (SSSR count). The van der Waals surface area contributed by atoms with E-state index in [-0.39, 0.29) is 24.7 Å². The van der Waals surface area contributed by atoms with E-state index in [1.54, 1.807) is 17.2 Å². The molecule has 1 aliphatic heterocycles. The Kier molecular flexibility index (Phi) is 4.92. The van der Waals surface area contributed by atoms with Crippen LogP contribution in [-0.2, 0) is 4.74 Å². The highest BCUT2D eigenvalue weighted by Crippen LogP contribution is 2.15. The number of aliphatic hydroxyl groups excluding tert-OH is 1. The molecule has 1 aromatic heterocycles. The van der Waals surface area contributed by atoms with Crippen molar-refractivity contribution >= 4 is 11.6 Å². The minimum absolute atomic E-state index is 0.0817. The topological polar surface area (TPSA) is 74.7 Å². The highest BCUT2D eigenvalue weighted by Gasteiger charge is 2.29. The van der Waals surface area contributed by atoms with Crippen LogP contribution >= 0.6 is 0 Å². The number of ether oxygens (including phenoxy) is 1. The lowest BCUT2D eigenvalue weighted by molar-refractivity contribution is -0.0859. The van der Waals surface area contributed by atoms with Gasteiger partial charge >= 0.3 is 0 Å². The zero-order valence-corrected chi connectivity index (χ0v) is 11.9. The number of aliphatic hydroxyl groups is 1. The van der Waals surface area contributed by atoms with Crippen LogP contribution in [0.2, 0.25) is 0 Å². The molecule has 0 bridgehead atoms. The molecule has 2 N–H and O–H groups in total. The van der Waals surface area contributed by atoms with Gasteiger partial charge in [0, 0.05) is 31.5 Å². The standard InChI is InChI=1S/C14H21N3O3/c1-3-15-11-4-5-16-13(6-11)14(19)17-7-10(2)20-12(8-17)9-18/h4-6,10,12,18H,3,7-9H2,1-2H3,(H,15,16). The smallest absolute Gasteiger partial charge is 0.272 e. The highest BCUT2D eigenvalue weighted by atomic mass is 16.5. The summed E-state index contributed by atoms with van der Waals surface area (Å²) in [5, 5.41) is 12.4. The predicted molar refractivity (Wildman–Crippen MR) is 75.7 cm³/mol. The van der Waals surface area contributed by atoms with Gasteiger partial charge in [0.25, 0.3) is 5.91 Å². The van der Waals surface area contributed by atoms with E-state index in [9.17, 15) is 9.90 Å². The second-order valence-electron chi connectivity index (χ2n) is 4.92. The molecule has 1 fully saturated rings. The van der Waals surface area contributed by atoms with Gasteiger partial charge in [-0.2, -0.15) is 0 Å². The average Bonchev–Trinajstić information content (AvgIpc) is 2.46. The first-order valence-corrected chi connectivity index (χ1v) is 6.89. The van der Waals surface area contributed by atoms with E-state index < -0.39 is 0 Å². The monoisotopic (exact) mass is 279 g/mol. The van der Waals surface area contributed by atoms with E-state index in [2.05, 4.69) is 10.3 Å². The van der Waals surface area contributed by atoms with Gasteiger partial charge in [0.1, 0.15) is 5.69 Å². The number of hydrogen-bond donors (Lipinski definition) is 2. The number of morpholine rings is 1. The lowest BCUT2D eigenvalue weighted by Crippen LogP contribution is -2.50. The van der Waals surface area contributed by atoms with Gasteiger partial charge in [0.2, 0.25) is 0 Å². The van der Waals surface area contributed by atoms with Crippen LogP contribution in [0.1, 0.15) is 24.3 Å². The summed E-state index contributed by atoms with van der Waals surface area (Å²) in [6.45, 7) is 5.51. The Morgan fingerprint density at radius 2 is 2.40 bits per heavy atom. The highest BCUT2D eigenvalue weighted by molar-refractivity contribution is 5.93. The first-order chi connectivity index (χ1) is 9.63. The number of nitrogens with zero attached hydrogens (tertiary/aromatic N) is 2. The molecule has 1 aliphatic rings. The first-order valence-electron chi connectivity index (χ1n) is 6.89. The molecule has 0 radical (unpaired) electrons. The van der Waals surface area contributed by atoms with Crippen LogP contribution in [-0.4, -0.2) is 59.3 Å². The summed E-state index contributed by atoms with van der Waals surface area (Å²) < 4.78 is 5.54. The number of pyridine rings is 1. The average molecular weight is 279 g/mol. The minimum Gasteiger partial charge on any atom is -0.394 e. The van der Waals surface area contributed by atoms with Crippen molar-refractivity contribution in [2.24, 2.45) is 0 Å². The molecule has 0 spiro atoms. The van der Waals surface area contributed by atoms with Crippen molar-refractivity contribution in [3.05, 3.63) is 24.0 Å². The van der Waals surface area contributed by atoms with Crippen LogP contribution in [0.4, 0.5) is 5.69 Å². The second-order valence-corrected chi connectivity index (χ2v) is 4.92. The Morgan fingerprint density at radius 1 is 1.60 bits per heavy atom. The maximum absolute atomic E-state index is 12.5. The third-order valence-electron chi connectivity index (χ3n) is 3.18. The molecule has 0 aromatic carbocycles. The Labute approximate surface area is 118 Å². The summed E-state index contributed by atoms with van der Waals surface area (Å²) in [5.74, 6) is -0.127. The summed E-state index contributed by atoms with van der Waals surface area (Å²) in [5.41, 5.74) is 1.29. The van der Waals surface area contributed by atoms with Crippen LogP contribution in [0.5, 0.6) is 0 Å². The number of aromatic nitrogens is 1. The third-order valence-corrected chi connectivity index (χ3v) is 3.18. The Hall–Kier alpha value is -1.66. The fourth-order valence-corrected chi connectivity index (χ4v) is 2.34. The normalized spacial score (nSPS) is 22.6. The lowest BCUT2D eigenvalue weighted by atomic mass is 10.2. The summed E-state index contributed by atoms with van der Waals surface area (Å²) in [4.78, 5) is 18.3. The number of nitrogens with one attached hydrogen (secondary N) is 1. The maximum atomic E-state index is 12.5. The van der Waals surface area contributed by atoms with Crippen LogP contribution in [0.15, 0.2) is 18.3 Å². The number of anilines is 1. The summed E-state index contributed by atoms with van der Waals surface area (Å²) in [6.07, 6.45) is 1.22. The fourth-order valence-electron chi connectivity index (χ4n) is 2.34. The van der Waals surface area contributed by atoms with E-state index in [4.69, 9.17) is 4.74 Å². The number of amides is 1. The molecule has 6 nitrogen and oxygen atoms in total. The Morgan fingerprint density at radius 3 is 3.10 bits per heavy atom. The molecular weight excluding hydrogens is 258 g/mol. The van der Waals surface area contributed by atoms with Crippen LogP contribution < -0.4 is 5.32 Å². The van der Waals surface area contributed by atoms with Crippen molar-refractivity contribution in [1.82, 2.24) is 9.88 Å². The largest absolute Gasteiger partial charge is 0.394 e. The van der Waals surface area contributed by atoms with Gasteiger partial charge in [0.05, 0.1) is 18.8 Å². The summed E-state index contributed by atoms with van der Waals surface area (Å²) in [6, 6.07) is 3.58. The fraction of sp³-hybridized carbons (Fsp3) is 0.571. The van der Waals surface area contributed by atoms with Crippen LogP contribution in [0, 0.1) is 0 Å². The molecule has 2 heterocycles. The van der Waals surface area contributed by atoms with Crippen molar-refractivity contribution in [2.75, 3.05) is 31.6 Å². The van der Waals surface area contributed by atoms with Crippen molar-refractivity contribution < 1.29 is 14.6 Å². The van der Waals surface area contributed by atoms with E-state index >= 15 is 0 Å². The van der Waals surface area contributed by atoms with Crippen molar-refractivity contribution in [1.29, 1.82) is 0 Å². The van der Waals surface area contributed by atoms with Crippen molar-refractivity contribution in [3.63, 3.8) is 0 Å². The summed E-state index contributed by atoms with van der Waals surface area (Å²) in [7, 11) is 0. The van der Waals surface area contributed by atoms with Gasteiger partial charge in [-0.3, -0.25) is 9.78 Å². The quantitative estimate of drug-likeness (QED) is 0.850. The molecule has 6 heteroatoms. The van der Waals surface area contributed by atoms with E-state index in [1.165, 1.54) is 0 Å². The van der Waals surface area contributed by atoms with Crippen molar-refractivity contribution in [3.8, 4) is 0 Å². The number of carbonyl (C=O) groups excluding carboxylic acids is 1. The molecule has 2 atom stereocenters. The molecular formula is C14H21N3O3. The molecule has 1 amide bonds. The van der Waals surface area contributed by atoms with Gasteiger partial charge in [-0.05, 0) is 26.0 Å². The van der Waals surface area contributed by atoms with Gasteiger partial charge < -0.3 is 20.1 Å². The number of carbonyl (C=O) groups is 1. The van der Waals surface area contributed by atoms with Gasteiger partial charge in [-0.1, -0.05) is 0 Å². The number of hydrogen-bond acceptors (Lipinski definition) is 5. The molecule has 20 heavy (non-hydrogen) atoms. The summed E-state index contributed by atoms with van der Waals surface area (Å²) >= 11 is 0. The Balaban J connectivity index is 2.11. The molecule has 1 saturated heterocycles. The van der Waals surface area contributed by atoms with Crippen LogP contribution in [0.3, 0.4) is 0 Å². The maximum Gasteiger partial charge on any atom is 0.272 e. The molecule has 0 aliphatic carbocycles. The first kappa shape index (κ1) is 14.7. The molecule has 1 aromatic rings. The SMILES string of the molecule is CCNc1ccnc(C(=O)N2CC(C)OC(CO)C2)c1. The second kappa shape index (κ2) is 6.67. The van der Waals surface area contributed by atoms with Crippen LogP contribution in [0.25, 0.3) is 0 Å². The third kappa shape index (κ3) is 3.46. The predicted octanol–water partition coefficient (Wildman–Crippen LogP) is 0.735. The van der Waals surface area contributed by atoms with E-state index in [0.29, 0.717) is 18.8 Å². The molecule has 110 valence electrons. The van der Waals surface area contributed by atoms with Gasteiger partial charge in [-0.25, -0.2) is 0 Å². The number of rotatable bonds is 4. The zero-order chi connectivity index (χ0) is 14.5. The Bertz CT molecular complexity index is 467. The molecule has 2 unspecified atom stereocenters. The zero-order valence-electron chi connectivity index (χ0n) is 11.9. The van der Waals surface area contributed by atoms with Gasteiger partial charge in [-0.15, -0.1) is 0 Å². The molecule has 0 saturated carbocycles.